The molecule has 2 rings (SSSR count). The summed E-state index contributed by atoms with van der Waals surface area (Å²) >= 11 is 2.84. The van der Waals surface area contributed by atoms with Crippen molar-refractivity contribution < 1.29 is 134 Å². The molecule has 12 nitrogen and oxygen atoms in total. The van der Waals surface area contributed by atoms with Crippen molar-refractivity contribution in [2.24, 2.45) is 22.9 Å². The van der Waals surface area contributed by atoms with Gasteiger partial charge in [-0.1, -0.05) is 80.1 Å². The first-order chi connectivity index (χ1) is 18.1. The molecule has 2 aliphatic carbocycles. The number of carbonyl (C=O) groups excluding carboxylic acids is 4. The van der Waals surface area contributed by atoms with Crippen molar-refractivity contribution in [3.63, 3.8) is 0 Å². The molecule has 0 spiro atoms. The van der Waals surface area contributed by atoms with Gasteiger partial charge in [-0.3, -0.25) is 24.1 Å². The van der Waals surface area contributed by atoms with Crippen molar-refractivity contribution in [2.45, 2.75) is 109 Å². The van der Waals surface area contributed by atoms with E-state index < -0.39 is 11.8 Å². The quantitative estimate of drug-likeness (QED) is 0.0662. The van der Waals surface area contributed by atoms with Gasteiger partial charge in [0.2, 0.25) is 17.7 Å². The second kappa shape index (κ2) is 40.0. The van der Waals surface area contributed by atoms with Gasteiger partial charge in [0.15, 0.2) is 0 Å². The SMILES string of the molecule is CC#N.NC(=O)CBr.NC(=O)CN(CC(N)=O)C1CCCCCCC1.NC1CCCCCCC1.O=CO[O-].[H-].[K+].[K+]. The van der Waals surface area contributed by atoms with E-state index in [1.54, 1.807) is 6.07 Å². The van der Waals surface area contributed by atoms with Crippen LogP contribution in [0.1, 0.15) is 98.2 Å². The first-order valence-corrected chi connectivity index (χ1v) is 14.1. The summed E-state index contributed by atoms with van der Waals surface area (Å²) < 4.78 is 0. The molecule has 2 aliphatic rings. The largest absolute Gasteiger partial charge is 1.00 e. The van der Waals surface area contributed by atoms with Gasteiger partial charge in [-0.2, -0.15) is 5.26 Å². The normalized spacial score (nSPS) is 15.2. The van der Waals surface area contributed by atoms with Crippen molar-refractivity contribution in [3.05, 3.63) is 0 Å². The van der Waals surface area contributed by atoms with Crippen LogP contribution < -0.4 is 131 Å². The van der Waals surface area contributed by atoms with Crippen LogP contribution in [0.3, 0.4) is 0 Å². The Labute approximate surface area is 335 Å². The minimum Gasteiger partial charge on any atom is -1.00 e. The molecule has 2 fully saturated rings. The van der Waals surface area contributed by atoms with Crippen LogP contribution in [0.5, 0.6) is 0 Å². The number of carbonyl (C=O) groups is 4. The number of primary amides is 3. The number of nitrogens with two attached hydrogens (primary N) is 4. The zero-order chi connectivity index (χ0) is 29.6. The monoisotopic (exact) mass is 686 g/mol. The van der Waals surface area contributed by atoms with Gasteiger partial charge in [-0.25, -0.2) is 0 Å². The number of halogens is 1. The Hall–Kier alpha value is 1.00. The van der Waals surface area contributed by atoms with Crippen LogP contribution in [0.25, 0.3) is 0 Å². The van der Waals surface area contributed by atoms with E-state index in [9.17, 15) is 14.4 Å². The smallest absolute Gasteiger partial charge is 1.00 e. The minimum absolute atomic E-state index is 0. The molecule has 0 aliphatic heterocycles. The third kappa shape index (κ3) is 43.5. The first kappa shape index (κ1) is 50.6. The number of nitrogens with zero attached hydrogens (tertiary/aromatic N) is 2. The number of alkyl halides is 1. The van der Waals surface area contributed by atoms with E-state index in [1.807, 2.05) is 4.90 Å². The minimum atomic E-state index is -0.395. The van der Waals surface area contributed by atoms with Gasteiger partial charge in [0, 0.05) is 19.0 Å². The topological polar surface area (TPSA) is 232 Å². The summed E-state index contributed by atoms with van der Waals surface area (Å²) in [5.41, 5.74) is 20.8. The molecule has 224 valence electrons. The fourth-order valence-corrected chi connectivity index (χ4v) is 4.00. The summed E-state index contributed by atoms with van der Waals surface area (Å²) in [5.74, 6) is -1.12. The molecule has 0 aromatic rings. The second-order valence-corrected chi connectivity index (χ2v) is 9.52. The molecule has 40 heavy (non-hydrogen) atoms. The summed E-state index contributed by atoms with van der Waals surface area (Å²) in [5, 5.41) is 16.0. The Morgan fingerprint density at radius 2 is 1.15 bits per heavy atom. The number of hydrogen-bond donors (Lipinski definition) is 4. The van der Waals surface area contributed by atoms with Crippen molar-refractivity contribution in [3.8, 4) is 6.07 Å². The molecule has 15 heteroatoms. The third-order valence-corrected chi connectivity index (χ3v) is 6.18. The van der Waals surface area contributed by atoms with E-state index in [0.29, 0.717) is 6.04 Å². The number of rotatable bonds is 7. The van der Waals surface area contributed by atoms with E-state index >= 15 is 0 Å². The maximum absolute atomic E-state index is 11.0. The molecule has 2 saturated carbocycles. The standard InChI is InChI=1S/C12H23N3O2.C8H17N.C2H4BrNO.C2H3N.CH2O3.2K.H/c13-11(16)8-15(9-12(14)17)10-6-4-2-1-3-5-7-10;9-8-6-4-2-1-3-5-7-8;3-1-2(4)5;1-2-3;2-1-4-3;;;/h10H,1-9H2,(H2,13,16)(H2,14,17);8H,1-7,9H2;1H2,(H2,4,5);1H3;1,3H;;;/q;;;;;2*+1;-1/p-1. The van der Waals surface area contributed by atoms with Gasteiger partial charge >= 0.3 is 103 Å². The number of hydrogen-bond acceptors (Lipinski definition) is 9. The Bertz CT molecular complexity index is 637. The van der Waals surface area contributed by atoms with E-state index in [2.05, 4.69) is 26.6 Å². The maximum Gasteiger partial charge on any atom is 1.00 e. The van der Waals surface area contributed by atoms with Gasteiger partial charge in [-0.05, 0) is 25.7 Å². The summed E-state index contributed by atoms with van der Waals surface area (Å²) in [6.07, 6.45) is 17.6. The molecule has 0 heterocycles. The van der Waals surface area contributed by atoms with E-state index in [-0.39, 0.29) is 141 Å². The Kier molecular flexibility index (Phi) is 50.6. The molecule has 0 bridgehead atoms. The molecule has 0 aromatic carbocycles. The van der Waals surface area contributed by atoms with Crippen LogP contribution in [0.2, 0.25) is 0 Å². The Balaban J connectivity index is -0.000000108. The second-order valence-electron chi connectivity index (χ2n) is 8.96. The fourth-order valence-electron chi connectivity index (χ4n) is 4.00. The molecule has 0 unspecified atom stereocenters. The van der Waals surface area contributed by atoms with E-state index in [4.69, 9.17) is 32.5 Å². The van der Waals surface area contributed by atoms with Crippen molar-refractivity contribution in [1.82, 2.24) is 4.90 Å². The van der Waals surface area contributed by atoms with Crippen LogP contribution in [0.4, 0.5) is 0 Å². The predicted octanol–water partition coefficient (Wildman–Crippen LogP) is -4.62. The van der Waals surface area contributed by atoms with E-state index in [1.165, 1.54) is 71.1 Å². The average molecular weight is 688 g/mol. The van der Waals surface area contributed by atoms with Crippen LogP contribution in [0.15, 0.2) is 0 Å². The first-order valence-electron chi connectivity index (χ1n) is 13.0. The van der Waals surface area contributed by atoms with Crippen LogP contribution in [-0.2, 0) is 24.1 Å². The molecular weight excluding hydrogens is 638 g/mol. The van der Waals surface area contributed by atoms with Crippen LogP contribution >= 0.6 is 15.9 Å². The van der Waals surface area contributed by atoms with Gasteiger partial charge in [-0.15, -0.1) is 0 Å². The summed E-state index contributed by atoms with van der Waals surface area (Å²) in [6.45, 7) is 1.52. The van der Waals surface area contributed by atoms with Gasteiger partial charge in [0.05, 0.1) is 24.5 Å². The molecule has 0 aromatic heterocycles. The predicted molar refractivity (Wildman–Crippen MR) is 149 cm³/mol. The molecule has 0 saturated heterocycles. The zero-order valence-electron chi connectivity index (χ0n) is 25.8. The number of amides is 3. The van der Waals surface area contributed by atoms with Crippen molar-refractivity contribution in [1.29, 1.82) is 5.26 Å². The van der Waals surface area contributed by atoms with Gasteiger partial charge < -0.3 is 34.5 Å². The maximum atomic E-state index is 11.0. The Morgan fingerprint density at radius 3 is 1.40 bits per heavy atom. The summed E-state index contributed by atoms with van der Waals surface area (Å²) in [7, 11) is 0. The molecule has 0 atom stereocenters. The fraction of sp³-hybridized carbons (Fsp3) is 0.800. The van der Waals surface area contributed by atoms with Crippen molar-refractivity contribution in [2.75, 3.05) is 18.4 Å². The van der Waals surface area contributed by atoms with Gasteiger partial charge in [0.1, 0.15) is 0 Å². The average Bonchev–Trinajstić information content (AvgIpc) is 2.82. The molecule has 3 amide bonds. The zero-order valence-corrected chi connectivity index (χ0v) is 32.6. The molecular formula is C25H49BrK2N6O6. The summed E-state index contributed by atoms with van der Waals surface area (Å²) in [4.78, 5) is 44.7. The van der Waals surface area contributed by atoms with Crippen LogP contribution in [-0.4, -0.2) is 59.6 Å². The van der Waals surface area contributed by atoms with Gasteiger partial charge in [0.25, 0.3) is 6.47 Å². The molecule has 0 radical (unpaired) electrons. The number of nitriles is 1. The Morgan fingerprint density at radius 1 is 0.875 bits per heavy atom. The van der Waals surface area contributed by atoms with Crippen molar-refractivity contribution >= 4 is 40.1 Å². The third-order valence-electron chi connectivity index (χ3n) is 5.63. The molecule has 8 N–H and O–H groups in total. The van der Waals surface area contributed by atoms with Crippen LogP contribution in [0, 0.1) is 11.3 Å². The summed E-state index contributed by atoms with van der Waals surface area (Å²) in [6, 6.07) is 2.54. The van der Waals surface area contributed by atoms with E-state index in [0.717, 1.165) is 25.7 Å².